The van der Waals surface area contributed by atoms with Gasteiger partial charge in [0.15, 0.2) is 0 Å². The first-order valence-electron chi connectivity index (χ1n) is 16.3. The number of aryl methyl sites for hydroxylation is 1. The summed E-state index contributed by atoms with van der Waals surface area (Å²) >= 11 is 0. The average molecular weight is 535 g/mol. The summed E-state index contributed by atoms with van der Waals surface area (Å²) in [5.41, 5.74) is 3.51. The van der Waals surface area contributed by atoms with Crippen molar-refractivity contribution in [2.24, 2.45) is 46.3 Å². The maximum atomic E-state index is 12.6. The molecule has 0 aromatic heterocycles. The van der Waals surface area contributed by atoms with Crippen molar-refractivity contribution in [1.82, 2.24) is 0 Å². The molecule has 4 aliphatic rings. The van der Waals surface area contributed by atoms with Crippen molar-refractivity contribution in [2.45, 2.75) is 125 Å². The zero-order valence-corrected chi connectivity index (χ0v) is 25.6. The first kappa shape index (κ1) is 28.7. The van der Waals surface area contributed by atoms with Crippen molar-refractivity contribution >= 4 is 6.16 Å². The Hall–Kier alpha value is -1.77. The molecule has 4 aliphatic carbocycles. The molecule has 3 nitrogen and oxygen atoms in total. The van der Waals surface area contributed by atoms with E-state index in [-0.39, 0.29) is 11.5 Å². The molecule has 0 heterocycles. The molecule has 0 unspecified atom stereocenters. The van der Waals surface area contributed by atoms with Crippen LogP contribution in [-0.2, 0) is 11.2 Å². The van der Waals surface area contributed by atoms with Crippen LogP contribution in [0.15, 0.2) is 35.9 Å². The molecule has 5 rings (SSSR count). The quantitative estimate of drug-likeness (QED) is 0.189. The van der Waals surface area contributed by atoms with Gasteiger partial charge in [0.25, 0.3) is 0 Å². The van der Waals surface area contributed by atoms with Gasteiger partial charge in [0.2, 0.25) is 0 Å². The van der Waals surface area contributed by atoms with Crippen molar-refractivity contribution in [3.63, 3.8) is 0 Å². The lowest BCUT2D eigenvalue weighted by Gasteiger charge is -2.58. The Balaban J connectivity index is 1.21. The summed E-state index contributed by atoms with van der Waals surface area (Å²) in [6.45, 7) is 14.6. The van der Waals surface area contributed by atoms with Crippen molar-refractivity contribution in [1.29, 1.82) is 0 Å². The fraction of sp³-hybridized carbons (Fsp3) is 0.750. The van der Waals surface area contributed by atoms with E-state index in [9.17, 15) is 4.79 Å². The summed E-state index contributed by atoms with van der Waals surface area (Å²) < 4.78 is 11.4. The van der Waals surface area contributed by atoms with E-state index in [4.69, 9.17) is 9.47 Å². The van der Waals surface area contributed by atoms with Gasteiger partial charge in [-0.25, -0.2) is 4.79 Å². The minimum absolute atomic E-state index is 0.0702. The third-order valence-corrected chi connectivity index (χ3v) is 12.0. The van der Waals surface area contributed by atoms with Crippen molar-refractivity contribution < 1.29 is 14.3 Å². The van der Waals surface area contributed by atoms with Crippen LogP contribution in [0, 0.1) is 46.3 Å². The van der Waals surface area contributed by atoms with Crippen LogP contribution in [0.3, 0.4) is 0 Å². The van der Waals surface area contributed by atoms with Crippen LogP contribution in [-0.4, -0.2) is 12.3 Å². The molecule has 3 saturated carbocycles. The molecule has 0 radical (unpaired) electrons. The SMILES string of the molecule is CCc1cccc(OC(=O)O[C@H]2CC[C@@]3(C)C(=CC[C@@H]4[C@H]5CC[C@@H]([C@H](C)CCCC(C)C)[C@@]5(C)CC[C@H]43)C2)c1. The van der Waals surface area contributed by atoms with Gasteiger partial charge in [-0.2, -0.15) is 0 Å². The molecule has 0 spiro atoms. The second-order valence-electron chi connectivity index (χ2n) is 14.6. The number of hydrogen-bond donors (Lipinski definition) is 0. The molecule has 1 aromatic carbocycles. The van der Waals surface area contributed by atoms with Crippen molar-refractivity contribution in [3.8, 4) is 5.75 Å². The van der Waals surface area contributed by atoms with Gasteiger partial charge >= 0.3 is 6.16 Å². The van der Waals surface area contributed by atoms with E-state index in [0.717, 1.165) is 66.8 Å². The van der Waals surface area contributed by atoms with Crippen LogP contribution in [0.1, 0.15) is 118 Å². The molecule has 39 heavy (non-hydrogen) atoms. The van der Waals surface area contributed by atoms with Crippen LogP contribution in [0.2, 0.25) is 0 Å². The van der Waals surface area contributed by atoms with E-state index in [2.05, 4.69) is 53.7 Å². The molecule has 3 fully saturated rings. The van der Waals surface area contributed by atoms with Gasteiger partial charge in [-0.15, -0.1) is 0 Å². The Labute approximate surface area is 238 Å². The lowest BCUT2D eigenvalue weighted by atomic mass is 9.47. The zero-order chi connectivity index (χ0) is 27.8. The number of ether oxygens (including phenoxy) is 2. The summed E-state index contributed by atoms with van der Waals surface area (Å²) in [4.78, 5) is 12.6. The molecule has 0 bridgehead atoms. The molecule has 0 amide bonds. The van der Waals surface area contributed by atoms with E-state index in [1.807, 2.05) is 18.2 Å². The highest BCUT2D eigenvalue weighted by molar-refractivity contribution is 5.64. The number of carbonyl (C=O) groups excluding carboxylic acids is 1. The van der Waals surface area contributed by atoms with Gasteiger partial charge in [-0.05, 0) is 115 Å². The van der Waals surface area contributed by atoms with Crippen molar-refractivity contribution in [3.05, 3.63) is 41.5 Å². The Bertz CT molecular complexity index is 1040. The zero-order valence-electron chi connectivity index (χ0n) is 25.6. The lowest BCUT2D eigenvalue weighted by molar-refractivity contribution is -0.0597. The Morgan fingerprint density at radius 2 is 1.85 bits per heavy atom. The van der Waals surface area contributed by atoms with Gasteiger partial charge in [0.1, 0.15) is 11.9 Å². The summed E-state index contributed by atoms with van der Waals surface area (Å²) in [6.07, 6.45) is 16.9. The van der Waals surface area contributed by atoms with E-state index in [0.29, 0.717) is 11.2 Å². The van der Waals surface area contributed by atoms with Gasteiger partial charge in [-0.3, -0.25) is 0 Å². The monoisotopic (exact) mass is 534 g/mol. The van der Waals surface area contributed by atoms with Crippen molar-refractivity contribution in [2.75, 3.05) is 0 Å². The van der Waals surface area contributed by atoms with Crippen LogP contribution in [0.4, 0.5) is 4.79 Å². The molecule has 0 aliphatic heterocycles. The largest absolute Gasteiger partial charge is 0.514 e. The summed E-state index contributed by atoms with van der Waals surface area (Å²) in [6, 6.07) is 7.75. The standard InChI is InChI=1S/C36H54O3/c1-7-26-12-9-13-28(22-26)38-34(37)39-29-18-20-35(5)27(23-29)14-15-30-32-17-16-31(25(4)11-8-10-24(2)3)36(32,6)21-19-33(30)35/h9,12-14,22,24-25,29-33H,7-8,10-11,15-21,23H2,1-6H3/t25-,29+,30-,31+,32-,33-,35+,36-/m1/s1. The minimum Gasteiger partial charge on any atom is -0.430 e. The topological polar surface area (TPSA) is 35.5 Å². The van der Waals surface area contributed by atoms with Crippen LogP contribution in [0.25, 0.3) is 0 Å². The third-order valence-electron chi connectivity index (χ3n) is 12.0. The van der Waals surface area contributed by atoms with Gasteiger partial charge in [0.05, 0.1) is 0 Å². The van der Waals surface area contributed by atoms with E-state index < -0.39 is 6.16 Å². The van der Waals surface area contributed by atoms with Gasteiger partial charge < -0.3 is 9.47 Å². The van der Waals surface area contributed by atoms with Gasteiger partial charge in [0, 0.05) is 6.42 Å². The summed E-state index contributed by atoms with van der Waals surface area (Å²) in [7, 11) is 0. The predicted octanol–water partition coefficient (Wildman–Crippen LogP) is 10.2. The molecule has 0 saturated heterocycles. The minimum atomic E-state index is -0.556. The molecule has 8 atom stereocenters. The number of rotatable bonds is 8. The Kier molecular flexibility index (Phi) is 8.56. The molecular formula is C36H54O3. The molecular weight excluding hydrogens is 480 g/mol. The number of allylic oxidation sites excluding steroid dienone is 1. The maximum Gasteiger partial charge on any atom is 0.514 e. The Morgan fingerprint density at radius 1 is 1.03 bits per heavy atom. The second-order valence-corrected chi connectivity index (χ2v) is 14.6. The summed E-state index contributed by atoms with van der Waals surface area (Å²) in [5.74, 6) is 5.67. The van der Waals surface area contributed by atoms with E-state index >= 15 is 0 Å². The molecule has 1 aromatic rings. The molecule has 3 heteroatoms. The predicted molar refractivity (Wildman–Crippen MR) is 160 cm³/mol. The number of carbonyl (C=O) groups is 1. The van der Waals surface area contributed by atoms with Crippen LogP contribution in [0.5, 0.6) is 5.75 Å². The third kappa shape index (κ3) is 5.71. The number of hydrogen-bond acceptors (Lipinski definition) is 3. The van der Waals surface area contributed by atoms with E-state index in [1.165, 1.54) is 51.4 Å². The second kappa shape index (κ2) is 11.6. The van der Waals surface area contributed by atoms with Gasteiger partial charge in [-0.1, -0.05) is 84.6 Å². The number of fused-ring (bicyclic) bond motifs is 5. The molecule has 0 N–H and O–H groups in total. The fourth-order valence-electron chi connectivity index (χ4n) is 9.84. The fourth-order valence-corrected chi connectivity index (χ4v) is 9.84. The van der Waals surface area contributed by atoms with Crippen LogP contribution < -0.4 is 4.74 Å². The average Bonchev–Trinajstić information content (AvgIpc) is 3.26. The van der Waals surface area contributed by atoms with Crippen LogP contribution >= 0.6 is 0 Å². The molecule has 216 valence electrons. The van der Waals surface area contributed by atoms with E-state index in [1.54, 1.807) is 5.57 Å². The summed E-state index contributed by atoms with van der Waals surface area (Å²) in [5, 5.41) is 0. The first-order valence-corrected chi connectivity index (χ1v) is 16.3. The number of benzene rings is 1. The normalized spacial score (nSPS) is 36.4. The lowest BCUT2D eigenvalue weighted by Crippen LogP contribution is -2.51. The Morgan fingerprint density at radius 3 is 2.62 bits per heavy atom. The maximum absolute atomic E-state index is 12.6. The highest BCUT2D eigenvalue weighted by Gasteiger charge is 2.59. The highest BCUT2D eigenvalue weighted by Crippen LogP contribution is 2.67. The highest BCUT2D eigenvalue weighted by atomic mass is 16.7. The first-order chi connectivity index (χ1) is 18.6. The smallest absolute Gasteiger partial charge is 0.430 e.